The van der Waals surface area contributed by atoms with Crippen molar-refractivity contribution in [2.45, 2.75) is 58.5 Å². The van der Waals surface area contributed by atoms with E-state index in [4.69, 9.17) is 0 Å². The van der Waals surface area contributed by atoms with Gasteiger partial charge in [0, 0.05) is 43.7 Å². The second-order valence-corrected chi connectivity index (χ2v) is 12.5. The first-order valence-electron chi connectivity index (χ1n) is 14.3. The van der Waals surface area contributed by atoms with E-state index < -0.39 is 11.9 Å². The van der Waals surface area contributed by atoms with E-state index >= 15 is 0 Å². The Morgan fingerprint density at radius 3 is 2.59 bits per heavy atom. The van der Waals surface area contributed by atoms with Crippen molar-refractivity contribution in [3.05, 3.63) is 76.1 Å². The topological polar surface area (TPSA) is 90.0 Å². The van der Waals surface area contributed by atoms with Crippen LogP contribution in [0, 0.1) is 11.2 Å². The molecule has 2 aromatic carbocycles. The lowest BCUT2D eigenvalue weighted by Gasteiger charge is -2.35. The van der Waals surface area contributed by atoms with Crippen molar-refractivity contribution in [2.24, 2.45) is 5.41 Å². The number of nitrogens with one attached hydrogen (secondary N) is 1. The van der Waals surface area contributed by atoms with Crippen LogP contribution in [-0.4, -0.2) is 70.7 Å². The quantitative estimate of drug-likeness (QED) is 0.561. The molecule has 0 aromatic heterocycles. The van der Waals surface area contributed by atoms with Gasteiger partial charge in [-0.3, -0.25) is 29.4 Å². The van der Waals surface area contributed by atoms with Gasteiger partial charge in [-0.2, -0.15) is 0 Å². The molecule has 0 saturated carbocycles. The number of benzene rings is 2. The fourth-order valence-corrected chi connectivity index (χ4v) is 6.56. The zero-order valence-corrected chi connectivity index (χ0v) is 23.5. The summed E-state index contributed by atoms with van der Waals surface area (Å²) in [5, 5.41) is 2.32. The minimum absolute atomic E-state index is 0.0836. The standard InChI is InChI=1S/C32H35FN4O4/c1-32(2)12-11-22(26(16-32)20-3-6-24(33)7-4-20)17-35-13-14-36(19-35)30(40)21-5-8-25-23(15-21)18-37(31(25)41)27-9-10-28(38)34-29(27)39/h3-8,15,27H,9-14,16-19H2,1-2H3,(H,34,38,39). The lowest BCUT2D eigenvalue weighted by atomic mass is 9.72. The number of hydrogen-bond donors (Lipinski definition) is 1. The summed E-state index contributed by atoms with van der Waals surface area (Å²) < 4.78 is 13.6. The van der Waals surface area contributed by atoms with Crippen LogP contribution in [0.25, 0.3) is 5.57 Å². The molecule has 3 heterocycles. The molecule has 41 heavy (non-hydrogen) atoms. The van der Waals surface area contributed by atoms with Crippen LogP contribution in [0.15, 0.2) is 48.0 Å². The summed E-state index contributed by atoms with van der Waals surface area (Å²) in [6, 6.07) is 11.2. The molecule has 1 unspecified atom stereocenters. The van der Waals surface area contributed by atoms with Crippen molar-refractivity contribution in [1.29, 1.82) is 0 Å². The molecule has 6 rings (SSSR count). The number of allylic oxidation sites excluding steroid dienone is 1. The molecule has 4 amide bonds. The molecule has 2 fully saturated rings. The van der Waals surface area contributed by atoms with Gasteiger partial charge in [-0.1, -0.05) is 31.6 Å². The Bertz CT molecular complexity index is 1460. The average molecular weight is 559 g/mol. The summed E-state index contributed by atoms with van der Waals surface area (Å²) in [4.78, 5) is 56.0. The van der Waals surface area contributed by atoms with Gasteiger partial charge >= 0.3 is 0 Å². The predicted molar refractivity (Wildman–Crippen MR) is 151 cm³/mol. The van der Waals surface area contributed by atoms with Crippen molar-refractivity contribution in [1.82, 2.24) is 20.0 Å². The third-order valence-corrected chi connectivity index (χ3v) is 8.91. The van der Waals surface area contributed by atoms with Crippen molar-refractivity contribution >= 4 is 29.2 Å². The van der Waals surface area contributed by atoms with Gasteiger partial charge in [0.1, 0.15) is 11.9 Å². The van der Waals surface area contributed by atoms with Gasteiger partial charge in [-0.25, -0.2) is 4.39 Å². The van der Waals surface area contributed by atoms with E-state index in [-0.39, 0.29) is 41.9 Å². The molecule has 4 aliphatic rings. The smallest absolute Gasteiger partial charge is 0.255 e. The Morgan fingerprint density at radius 2 is 1.83 bits per heavy atom. The maximum atomic E-state index is 13.6. The second-order valence-electron chi connectivity index (χ2n) is 12.5. The Morgan fingerprint density at radius 1 is 1.05 bits per heavy atom. The van der Waals surface area contributed by atoms with Gasteiger partial charge in [0.2, 0.25) is 11.8 Å². The van der Waals surface area contributed by atoms with Crippen LogP contribution in [0.4, 0.5) is 4.39 Å². The first-order valence-corrected chi connectivity index (χ1v) is 14.3. The van der Waals surface area contributed by atoms with Crippen LogP contribution in [0.5, 0.6) is 0 Å². The number of nitrogens with zero attached hydrogens (tertiary/aromatic N) is 3. The summed E-state index contributed by atoms with van der Waals surface area (Å²) in [6.07, 6.45) is 3.51. The number of amides is 4. The van der Waals surface area contributed by atoms with Crippen molar-refractivity contribution < 1.29 is 23.6 Å². The summed E-state index contributed by atoms with van der Waals surface area (Å²) >= 11 is 0. The average Bonchev–Trinajstić information content (AvgIpc) is 3.54. The molecule has 2 saturated heterocycles. The lowest BCUT2D eigenvalue weighted by Crippen LogP contribution is -2.52. The van der Waals surface area contributed by atoms with Gasteiger partial charge in [-0.05, 0) is 78.1 Å². The highest BCUT2D eigenvalue weighted by molar-refractivity contribution is 6.06. The molecule has 1 aliphatic carbocycles. The number of carbonyl (C=O) groups excluding carboxylic acids is 4. The third-order valence-electron chi connectivity index (χ3n) is 8.91. The van der Waals surface area contributed by atoms with Crippen molar-refractivity contribution in [2.75, 3.05) is 26.3 Å². The van der Waals surface area contributed by atoms with Crippen LogP contribution in [0.2, 0.25) is 0 Å². The predicted octanol–water partition coefficient (Wildman–Crippen LogP) is 3.97. The number of piperidine rings is 1. The summed E-state index contributed by atoms with van der Waals surface area (Å²) in [5.74, 6) is -1.34. The lowest BCUT2D eigenvalue weighted by molar-refractivity contribution is -0.136. The molecule has 1 atom stereocenters. The number of rotatable bonds is 5. The zero-order valence-electron chi connectivity index (χ0n) is 23.5. The Labute approximate surface area is 239 Å². The maximum absolute atomic E-state index is 13.6. The Kier molecular flexibility index (Phi) is 7.01. The zero-order chi connectivity index (χ0) is 28.9. The number of hydrogen-bond acceptors (Lipinski definition) is 5. The van der Waals surface area contributed by atoms with Gasteiger partial charge in [0.15, 0.2) is 0 Å². The van der Waals surface area contributed by atoms with Crippen LogP contribution >= 0.6 is 0 Å². The highest BCUT2D eigenvalue weighted by atomic mass is 19.1. The van der Waals surface area contributed by atoms with Crippen LogP contribution in [0.1, 0.15) is 77.8 Å². The highest BCUT2D eigenvalue weighted by Gasteiger charge is 2.39. The third kappa shape index (κ3) is 5.43. The van der Waals surface area contributed by atoms with Crippen molar-refractivity contribution in [3.63, 3.8) is 0 Å². The normalized spacial score (nSPS) is 22.8. The molecule has 0 bridgehead atoms. The van der Waals surface area contributed by atoms with E-state index in [1.54, 1.807) is 18.2 Å². The summed E-state index contributed by atoms with van der Waals surface area (Å²) in [6.45, 7) is 7.46. The fraction of sp³-hybridized carbons (Fsp3) is 0.438. The number of carbonyl (C=O) groups is 4. The molecule has 0 radical (unpaired) electrons. The highest BCUT2D eigenvalue weighted by Crippen LogP contribution is 2.43. The fourth-order valence-electron chi connectivity index (χ4n) is 6.56. The molecule has 1 N–H and O–H groups in total. The van der Waals surface area contributed by atoms with Crippen molar-refractivity contribution in [3.8, 4) is 0 Å². The molecule has 0 spiro atoms. The molecule has 9 heteroatoms. The van der Waals surface area contributed by atoms with Gasteiger partial charge < -0.3 is 9.80 Å². The van der Waals surface area contributed by atoms with Crippen LogP contribution in [-0.2, 0) is 16.1 Å². The molecule has 2 aromatic rings. The SMILES string of the molecule is CC1(C)CCC(CN2CCN(C(=O)c3ccc4c(c3)CN(C3CCC(=O)NC3=O)C4=O)C2)=C(c2ccc(F)cc2)C1. The van der Waals surface area contributed by atoms with E-state index in [0.717, 1.165) is 43.5 Å². The van der Waals surface area contributed by atoms with Gasteiger partial charge in [-0.15, -0.1) is 0 Å². The Balaban J connectivity index is 1.14. The van der Waals surface area contributed by atoms with E-state index in [0.29, 0.717) is 30.8 Å². The number of imide groups is 1. The molecule has 8 nitrogen and oxygen atoms in total. The maximum Gasteiger partial charge on any atom is 0.255 e. The Hall–Kier alpha value is -3.85. The van der Waals surface area contributed by atoms with Crippen LogP contribution < -0.4 is 5.32 Å². The van der Waals surface area contributed by atoms with E-state index in [1.807, 2.05) is 17.0 Å². The summed E-state index contributed by atoms with van der Waals surface area (Å²) in [7, 11) is 0. The molecular formula is C32H35FN4O4. The number of fused-ring (bicyclic) bond motifs is 1. The molecular weight excluding hydrogens is 523 g/mol. The monoisotopic (exact) mass is 558 g/mol. The second kappa shape index (κ2) is 10.5. The summed E-state index contributed by atoms with van der Waals surface area (Å²) in [5.41, 5.74) is 5.64. The minimum atomic E-state index is -0.682. The van der Waals surface area contributed by atoms with Gasteiger partial charge in [0.25, 0.3) is 11.8 Å². The molecule has 214 valence electrons. The van der Waals surface area contributed by atoms with Gasteiger partial charge in [0.05, 0.1) is 6.67 Å². The number of halogens is 1. The minimum Gasteiger partial charge on any atom is -0.324 e. The van der Waals surface area contributed by atoms with Crippen LogP contribution in [0.3, 0.4) is 0 Å². The largest absolute Gasteiger partial charge is 0.324 e. The van der Waals surface area contributed by atoms with E-state index in [1.165, 1.54) is 28.2 Å². The first kappa shape index (κ1) is 27.3. The van der Waals surface area contributed by atoms with E-state index in [2.05, 4.69) is 24.1 Å². The first-order chi connectivity index (χ1) is 19.6. The molecule has 3 aliphatic heterocycles. The van der Waals surface area contributed by atoms with E-state index in [9.17, 15) is 23.6 Å².